The van der Waals surface area contributed by atoms with Gasteiger partial charge in [-0.05, 0) is 62.9 Å². The van der Waals surface area contributed by atoms with Gasteiger partial charge in [0.05, 0.1) is 17.7 Å². The fourth-order valence-corrected chi connectivity index (χ4v) is 7.39. The van der Waals surface area contributed by atoms with Crippen LogP contribution in [0.15, 0.2) is 42.9 Å². The van der Waals surface area contributed by atoms with E-state index >= 15 is 0 Å². The van der Waals surface area contributed by atoms with Gasteiger partial charge < -0.3 is 20.3 Å². The fraction of sp³-hybridized carbons (Fsp3) is 0.452. The lowest BCUT2D eigenvalue weighted by atomic mass is 9.73. The maximum Gasteiger partial charge on any atom is 0.387 e. The number of nitriles is 1. The normalized spacial score (nSPS) is 17.0. The number of alkyl halides is 2. The number of aromatic nitrogens is 4. The molecule has 6 rings (SSSR count). The maximum absolute atomic E-state index is 13.4. The summed E-state index contributed by atoms with van der Waals surface area (Å²) in [5.74, 6) is -0.565. The maximum atomic E-state index is 13.4. The number of halogens is 3. The Hall–Kier alpha value is -3.86. The first-order valence-electron chi connectivity index (χ1n) is 15.1. The fourth-order valence-electron chi connectivity index (χ4n) is 6.19. The molecule has 14 heteroatoms. The minimum Gasteiger partial charge on any atom is -0.434 e. The molecule has 4 aromatic rings. The second kappa shape index (κ2) is 13.6. The molecule has 3 aromatic heterocycles. The Morgan fingerprint density at radius 2 is 2.04 bits per heavy atom. The number of ether oxygens (including phenoxy) is 1. The summed E-state index contributed by atoms with van der Waals surface area (Å²) in [5, 5.41) is 21.9. The highest BCUT2D eigenvalue weighted by atomic mass is 35.5. The van der Waals surface area contributed by atoms with E-state index in [1.807, 2.05) is 0 Å². The van der Waals surface area contributed by atoms with Crippen LogP contribution in [-0.4, -0.2) is 57.8 Å². The Balaban J connectivity index is 1.21. The van der Waals surface area contributed by atoms with Gasteiger partial charge in [0.2, 0.25) is 0 Å². The van der Waals surface area contributed by atoms with E-state index in [1.54, 1.807) is 18.5 Å². The van der Waals surface area contributed by atoms with Crippen LogP contribution in [0.4, 0.5) is 18.9 Å². The molecule has 0 bridgehead atoms. The summed E-state index contributed by atoms with van der Waals surface area (Å²) in [5.41, 5.74) is 0.954. The van der Waals surface area contributed by atoms with E-state index < -0.39 is 12.5 Å². The molecule has 2 N–H and O–H groups in total. The second-order valence-corrected chi connectivity index (χ2v) is 12.9. The van der Waals surface area contributed by atoms with E-state index in [4.69, 9.17) is 21.3 Å². The van der Waals surface area contributed by atoms with Crippen LogP contribution in [0.5, 0.6) is 5.75 Å². The SMILES string of the molecule is N#CC1(CCNC2CCN(c3nc(-c4cc(Cl)ccc4OC(F)F)c(NC(=O)c4cnn5cccnc45)s3)CC2)CCCCC1. The van der Waals surface area contributed by atoms with E-state index in [2.05, 4.69) is 31.7 Å². The Morgan fingerprint density at radius 3 is 2.80 bits per heavy atom. The number of anilines is 2. The number of amides is 1. The first kappa shape index (κ1) is 31.1. The summed E-state index contributed by atoms with van der Waals surface area (Å²) < 4.78 is 33.0. The standard InChI is InChI=1S/C31H33ClF2N8O2S/c32-20-5-6-24(44-29(33)34)22(17-20)25-28(40-27(43)23-18-38-42-14-4-12-37-26(23)42)45-30(39-25)41-15-7-21(8-16-41)36-13-11-31(19-35)9-2-1-3-10-31/h4-6,12,14,17-18,21,29,36H,1-3,7-11,13,15-16H2,(H,40,43). The summed E-state index contributed by atoms with van der Waals surface area (Å²) in [6.45, 7) is -0.806. The van der Waals surface area contributed by atoms with Gasteiger partial charge in [-0.1, -0.05) is 42.2 Å². The zero-order valence-electron chi connectivity index (χ0n) is 24.5. The Morgan fingerprint density at radius 1 is 1.24 bits per heavy atom. The molecule has 236 valence electrons. The molecule has 1 saturated heterocycles. The van der Waals surface area contributed by atoms with Crippen LogP contribution in [0.2, 0.25) is 5.02 Å². The van der Waals surface area contributed by atoms with Crippen LogP contribution in [0.25, 0.3) is 16.9 Å². The molecule has 0 atom stereocenters. The topological polar surface area (TPSA) is 120 Å². The monoisotopic (exact) mass is 654 g/mol. The molecule has 1 aliphatic carbocycles. The summed E-state index contributed by atoms with van der Waals surface area (Å²) in [6.07, 6.45) is 12.7. The minimum absolute atomic E-state index is 0.101. The van der Waals surface area contributed by atoms with Gasteiger partial charge >= 0.3 is 6.61 Å². The summed E-state index contributed by atoms with van der Waals surface area (Å²) >= 11 is 7.54. The van der Waals surface area contributed by atoms with E-state index in [9.17, 15) is 18.8 Å². The largest absolute Gasteiger partial charge is 0.434 e. The van der Waals surface area contributed by atoms with Gasteiger partial charge in [0.1, 0.15) is 22.0 Å². The average Bonchev–Trinajstić information content (AvgIpc) is 3.67. The van der Waals surface area contributed by atoms with E-state index in [1.165, 1.54) is 46.7 Å². The highest BCUT2D eigenvalue weighted by Crippen LogP contribution is 2.43. The smallest absolute Gasteiger partial charge is 0.387 e. The molecular formula is C31H33ClF2N8O2S. The number of benzene rings is 1. The number of hydrogen-bond acceptors (Lipinski definition) is 9. The Kier molecular flexibility index (Phi) is 9.44. The molecule has 1 saturated carbocycles. The molecule has 10 nitrogen and oxygen atoms in total. The zero-order valence-corrected chi connectivity index (χ0v) is 26.1. The van der Waals surface area contributed by atoms with Crippen molar-refractivity contribution in [2.75, 3.05) is 29.9 Å². The molecule has 0 radical (unpaired) electrons. The third-order valence-electron chi connectivity index (χ3n) is 8.63. The van der Waals surface area contributed by atoms with Crippen molar-refractivity contribution in [3.05, 3.63) is 53.4 Å². The van der Waals surface area contributed by atoms with Crippen LogP contribution in [-0.2, 0) is 0 Å². The second-order valence-electron chi connectivity index (χ2n) is 11.5. The van der Waals surface area contributed by atoms with Gasteiger partial charge in [-0.2, -0.15) is 19.1 Å². The molecule has 0 unspecified atom stereocenters. The van der Waals surface area contributed by atoms with Crippen molar-refractivity contribution in [1.82, 2.24) is 24.9 Å². The number of hydrogen-bond donors (Lipinski definition) is 2. The number of carbonyl (C=O) groups excluding carboxylic acids is 1. The third-order valence-corrected chi connectivity index (χ3v) is 9.90. The van der Waals surface area contributed by atoms with Crippen molar-refractivity contribution in [1.29, 1.82) is 5.26 Å². The Bertz CT molecular complexity index is 1690. The molecule has 1 aliphatic heterocycles. The van der Waals surface area contributed by atoms with E-state index in [-0.39, 0.29) is 28.0 Å². The highest BCUT2D eigenvalue weighted by molar-refractivity contribution is 7.20. The molecule has 4 heterocycles. The Labute approximate surface area is 268 Å². The number of carbonyl (C=O) groups is 1. The van der Waals surface area contributed by atoms with Crippen LogP contribution in [0.3, 0.4) is 0 Å². The zero-order chi connectivity index (χ0) is 31.4. The van der Waals surface area contributed by atoms with Crippen LogP contribution in [0, 0.1) is 16.7 Å². The molecular weight excluding hydrogens is 622 g/mol. The highest BCUT2D eigenvalue weighted by Gasteiger charge is 2.32. The van der Waals surface area contributed by atoms with Crippen molar-refractivity contribution >= 4 is 44.6 Å². The van der Waals surface area contributed by atoms with Gasteiger partial charge in [0.15, 0.2) is 10.8 Å². The summed E-state index contributed by atoms with van der Waals surface area (Å²) in [7, 11) is 0. The number of nitrogens with one attached hydrogen (secondary N) is 2. The third kappa shape index (κ3) is 7.03. The van der Waals surface area contributed by atoms with E-state index in [0.717, 1.165) is 64.6 Å². The molecule has 2 fully saturated rings. The van der Waals surface area contributed by atoms with E-state index in [0.29, 0.717) is 26.8 Å². The van der Waals surface area contributed by atoms with Crippen LogP contribution in [0.1, 0.15) is 61.7 Å². The van der Waals surface area contributed by atoms with Gasteiger partial charge in [0.25, 0.3) is 5.91 Å². The lowest BCUT2D eigenvalue weighted by molar-refractivity contribution is -0.0494. The first-order chi connectivity index (χ1) is 21.8. The summed E-state index contributed by atoms with van der Waals surface area (Å²) in [6, 6.07) is 8.96. The quantitative estimate of drug-likeness (QED) is 0.192. The molecule has 0 spiro atoms. The van der Waals surface area contributed by atoms with Crippen molar-refractivity contribution in [2.45, 2.75) is 64.0 Å². The number of nitrogens with zero attached hydrogens (tertiary/aromatic N) is 6. The number of piperidine rings is 1. The summed E-state index contributed by atoms with van der Waals surface area (Å²) in [4.78, 5) is 24.7. The van der Waals surface area contributed by atoms with Crippen LogP contribution >= 0.6 is 22.9 Å². The van der Waals surface area contributed by atoms with Gasteiger partial charge in [0, 0.05) is 42.1 Å². The van der Waals surface area contributed by atoms with Gasteiger partial charge in [-0.15, -0.1) is 0 Å². The number of thiazole rings is 1. The van der Waals surface area contributed by atoms with Gasteiger partial charge in [-0.3, -0.25) is 4.79 Å². The average molecular weight is 655 g/mol. The predicted molar refractivity (Wildman–Crippen MR) is 169 cm³/mol. The first-order valence-corrected chi connectivity index (χ1v) is 16.3. The van der Waals surface area contributed by atoms with Crippen molar-refractivity contribution < 1.29 is 18.3 Å². The molecule has 2 aliphatic rings. The van der Waals surface area contributed by atoms with Crippen LogP contribution < -0.4 is 20.3 Å². The number of rotatable bonds is 10. The lowest BCUT2D eigenvalue weighted by Gasteiger charge is -2.34. The van der Waals surface area contributed by atoms with Crippen molar-refractivity contribution in [2.24, 2.45) is 5.41 Å². The van der Waals surface area contributed by atoms with Crippen molar-refractivity contribution in [3.8, 4) is 23.1 Å². The van der Waals surface area contributed by atoms with Crippen molar-refractivity contribution in [3.63, 3.8) is 0 Å². The minimum atomic E-state index is -3.06. The predicted octanol–water partition coefficient (Wildman–Crippen LogP) is 6.78. The molecule has 1 amide bonds. The number of fused-ring (bicyclic) bond motifs is 1. The molecule has 45 heavy (non-hydrogen) atoms. The molecule has 1 aromatic carbocycles. The van der Waals surface area contributed by atoms with Gasteiger partial charge in [-0.25, -0.2) is 14.5 Å². The lowest BCUT2D eigenvalue weighted by Crippen LogP contribution is -2.43.